The lowest BCUT2D eigenvalue weighted by Gasteiger charge is -2.40. The highest BCUT2D eigenvalue weighted by molar-refractivity contribution is 6.13. The smallest absolute Gasteiger partial charge is 0.409 e. The van der Waals surface area contributed by atoms with E-state index in [1.165, 1.54) is 6.07 Å². The summed E-state index contributed by atoms with van der Waals surface area (Å²) in [5.41, 5.74) is 3.16. The second-order valence-electron chi connectivity index (χ2n) is 10.4. The quantitative estimate of drug-likeness (QED) is 0.487. The predicted octanol–water partition coefficient (Wildman–Crippen LogP) is 5.38. The molecule has 0 spiro atoms. The van der Waals surface area contributed by atoms with E-state index in [1.54, 1.807) is 4.90 Å². The number of nitrogens with zero attached hydrogens (tertiary/aromatic N) is 3. The van der Waals surface area contributed by atoms with Crippen molar-refractivity contribution in [1.29, 1.82) is 0 Å². The number of para-hydroxylation sites is 1. The summed E-state index contributed by atoms with van der Waals surface area (Å²) in [5.74, 6) is -2.07. The minimum atomic E-state index is -1.02. The Bertz CT molecular complexity index is 1360. The molecule has 38 heavy (non-hydrogen) atoms. The maximum atomic E-state index is 13.8. The van der Waals surface area contributed by atoms with Gasteiger partial charge >= 0.3 is 6.09 Å². The summed E-state index contributed by atoms with van der Waals surface area (Å²) in [6.45, 7) is 7.06. The van der Waals surface area contributed by atoms with Crippen LogP contribution in [0.5, 0.6) is 0 Å². The Morgan fingerprint density at radius 1 is 1.08 bits per heavy atom. The molecule has 1 fully saturated rings. The van der Waals surface area contributed by atoms with Gasteiger partial charge in [-0.05, 0) is 37.0 Å². The number of pyridine rings is 1. The van der Waals surface area contributed by atoms with Gasteiger partial charge in [-0.15, -0.1) is 0 Å². The van der Waals surface area contributed by atoms with Gasteiger partial charge in [-0.3, -0.25) is 14.7 Å². The number of aromatic nitrogens is 1. The maximum absolute atomic E-state index is 13.8. The van der Waals surface area contributed by atoms with Gasteiger partial charge in [-0.1, -0.05) is 32.0 Å². The number of likely N-dealkylation sites (tertiary alicyclic amines) is 1. The van der Waals surface area contributed by atoms with Gasteiger partial charge in [-0.2, -0.15) is 0 Å². The van der Waals surface area contributed by atoms with Gasteiger partial charge in [0.15, 0.2) is 11.6 Å². The molecule has 1 aromatic heterocycles. The summed E-state index contributed by atoms with van der Waals surface area (Å²) in [4.78, 5) is 34.9. The zero-order valence-electron chi connectivity index (χ0n) is 21.7. The van der Waals surface area contributed by atoms with E-state index < -0.39 is 11.6 Å². The first-order chi connectivity index (χ1) is 18.3. The number of hydrogen-bond donors (Lipinski definition) is 1. The number of amides is 2. The van der Waals surface area contributed by atoms with Crippen molar-refractivity contribution in [2.45, 2.75) is 45.7 Å². The molecule has 2 amide bonds. The van der Waals surface area contributed by atoms with Crippen molar-refractivity contribution in [3.05, 3.63) is 70.9 Å². The molecule has 7 nitrogen and oxygen atoms in total. The molecular weight excluding hydrogens is 490 g/mol. The first kappa shape index (κ1) is 26.0. The van der Waals surface area contributed by atoms with Crippen molar-refractivity contribution in [1.82, 2.24) is 14.8 Å². The lowest BCUT2D eigenvalue weighted by Crippen LogP contribution is -2.48. The standard InChI is InChI=1S/C29H32F2N4O3/c1-18(2)17-38-29(37)34-12-9-20(10-13-34)35-14-11-26-22(16-35)27(21-5-3-4-6-25(21)33-26)28(36)32-19-7-8-23(30)24(31)15-19/h3-8,15,18,20H,9-14,16-17H2,1-2H3,(H,32,36). The molecule has 2 aliphatic rings. The molecule has 3 heterocycles. The van der Waals surface area contributed by atoms with Crippen LogP contribution in [0.4, 0.5) is 19.3 Å². The number of ether oxygens (including phenoxy) is 1. The fourth-order valence-electron chi connectivity index (χ4n) is 5.29. The summed E-state index contributed by atoms with van der Waals surface area (Å²) >= 11 is 0. The number of benzene rings is 2. The van der Waals surface area contributed by atoms with Crippen molar-refractivity contribution in [3.63, 3.8) is 0 Å². The van der Waals surface area contributed by atoms with Gasteiger partial charge in [0.05, 0.1) is 17.7 Å². The molecule has 0 atom stereocenters. The zero-order chi connectivity index (χ0) is 26.8. The Hall–Kier alpha value is -3.59. The molecule has 5 rings (SSSR count). The number of piperidine rings is 1. The Morgan fingerprint density at radius 3 is 2.58 bits per heavy atom. The largest absolute Gasteiger partial charge is 0.449 e. The molecule has 9 heteroatoms. The molecule has 0 radical (unpaired) electrons. The van der Waals surface area contributed by atoms with Crippen molar-refractivity contribution >= 4 is 28.6 Å². The molecule has 1 N–H and O–H groups in total. The van der Waals surface area contributed by atoms with Crippen LogP contribution in [0, 0.1) is 17.6 Å². The number of halogens is 2. The van der Waals surface area contributed by atoms with Crippen molar-refractivity contribution in [2.24, 2.45) is 5.92 Å². The van der Waals surface area contributed by atoms with Gasteiger partial charge in [0.1, 0.15) is 0 Å². The van der Waals surface area contributed by atoms with Gasteiger partial charge < -0.3 is 15.0 Å². The van der Waals surface area contributed by atoms with E-state index in [1.807, 2.05) is 38.1 Å². The molecule has 0 bridgehead atoms. The fourth-order valence-corrected chi connectivity index (χ4v) is 5.29. The van der Waals surface area contributed by atoms with Gasteiger partial charge in [-0.25, -0.2) is 13.6 Å². The first-order valence-electron chi connectivity index (χ1n) is 13.1. The summed E-state index contributed by atoms with van der Waals surface area (Å²) < 4.78 is 32.6. The third-order valence-corrected chi connectivity index (χ3v) is 7.26. The monoisotopic (exact) mass is 522 g/mol. The molecule has 200 valence electrons. The highest BCUT2D eigenvalue weighted by atomic mass is 19.2. The number of carbonyl (C=O) groups is 2. The van der Waals surface area contributed by atoms with Gasteiger partial charge in [0.25, 0.3) is 5.91 Å². The molecule has 2 aliphatic heterocycles. The second-order valence-corrected chi connectivity index (χ2v) is 10.4. The van der Waals surface area contributed by atoms with Crippen LogP contribution < -0.4 is 5.32 Å². The predicted molar refractivity (Wildman–Crippen MR) is 141 cm³/mol. The van der Waals surface area contributed by atoms with Crippen molar-refractivity contribution in [3.8, 4) is 0 Å². The van der Waals surface area contributed by atoms with Crippen molar-refractivity contribution in [2.75, 3.05) is 31.6 Å². The Labute approximate surface area is 220 Å². The van der Waals surface area contributed by atoms with Crippen LogP contribution in [-0.2, 0) is 17.7 Å². The number of rotatable bonds is 5. The lowest BCUT2D eigenvalue weighted by molar-refractivity contribution is 0.0621. The number of nitrogens with one attached hydrogen (secondary N) is 1. The average Bonchev–Trinajstić information content (AvgIpc) is 2.92. The Kier molecular flexibility index (Phi) is 7.56. The summed E-state index contributed by atoms with van der Waals surface area (Å²) in [5, 5.41) is 3.47. The summed E-state index contributed by atoms with van der Waals surface area (Å²) in [6.07, 6.45) is 2.09. The molecule has 0 saturated carbocycles. The van der Waals surface area contributed by atoms with Gasteiger partial charge in [0, 0.05) is 67.0 Å². The average molecular weight is 523 g/mol. The topological polar surface area (TPSA) is 74.8 Å². The fraction of sp³-hybridized carbons (Fsp3) is 0.414. The summed E-state index contributed by atoms with van der Waals surface area (Å²) in [6, 6.07) is 11.1. The second kappa shape index (κ2) is 11.0. The van der Waals surface area contributed by atoms with Gasteiger partial charge in [0.2, 0.25) is 0 Å². The van der Waals surface area contributed by atoms with E-state index in [0.717, 1.165) is 53.7 Å². The van der Waals surface area contributed by atoms with Crippen LogP contribution >= 0.6 is 0 Å². The number of carbonyl (C=O) groups excluding carboxylic acids is 2. The van der Waals surface area contributed by atoms with Crippen LogP contribution in [0.25, 0.3) is 10.9 Å². The number of anilines is 1. The first-order valence-corrected chi connectivity index (χ1v) is 13.1. The molecule has 0 unspecified atom stereocenters. The SMILES string of the molecule is CC(C)COC(=O)N1CCC(N2CCc3nc4ccccc4c(C(=O)Nc4ccc(F)c(F)c4)c3C2)CC1. The highest BCUT2D eigenvalue weighted by Gasteiger charge is 2.32. The van der Waals surface area contributed by atoms with E-state index in [4.69, 9.17) is 9.72 Å². The van der Waals surface area contributed by atoms with Crippen LogP contribution in [0.3, 0.4) is 0 Å². The van der Waals surface area contributed by atoms with E-state index in [9.17, 15) is 18.4 Å². The maximum Gasteiger partial charge on any atom is 0.409 e. The van der Waals surface area contributed by atoms with Crippen LogP contribution in [0.15, 0.2) is 42.5 Å². The summed E-state index contributed by atoms with van der Waals surface area (Å²) in [7, 11) is 0. The minimum Gasteiger partial charge on any atom is -0.449 e. The highest BCUT2D eigenvalue weighted by Crippen LogP contribution is 2.31. The van der Waals surface area contributed by atoms with E-state index >= 15 is 0 Å². The third kappa shape index (κ3) is 5.48. The third-order valence-electron chi connectivity index (χ3n) is 7.26. The van der Waals surface area contributed by atoms with E-state index in [0.29, 0.717) is 44.1 Å². The normalized spacial score (nSPS) is 16.5. The van der Waals surface area contributed by atoms with Crippen LogP contribution in [0.1, 0.15) is 48.3 Å². The van der Waals surface area contributed by atoms with E-state index in [-0.39, 0.29) is 23.7 Å². The van der Waals surface area contributed by atoms with E-state index in [2.05, 4.69) is 10.2 Å². The van der Waals surface area contributed by atoms with Crippen molar-refractivity contribution < 1.29 is 23.1 Å². The number of hydrogen-bond acceptors (Lipinski definition) is 5. The molecule has 1 saturated heterocycles. The minimum absolute atomic E-state index is 0.188. The molecule has 3 aromatic rings. The lowest BCUT2D eigenvalue weighted by atomic mass is 9.92. The Morgan fingerprint density at radius 2 is 1.84 bits per heavy atom. The molecular formula is C29H32F2N4O3. The molecule has 2 aromatic carbocycles. The van der Waals surface area contributed by atoms with Crippen LogP contribution in [-0.4, -0.2) is 59.1 Å². The number of fused-ring (bicyclic) bond motifs is 2. The zero-order valence-corrected chi connectivity index (χ0v) is 21.7. The Balaban J connectivity index is 1.36. The molecule has 0 aliphatic carbocycles. The van der Waals surface area contributed by atoms with Crippen LogP contribution in [0.2, 0.25) is 0 Å².